The van der Waals surface area contributed by atoms with E-state index in [1.165, 1.54) is 45.1 Å². The molecule has 2 fully saturated rings. The van der Waals surface area contributed by atoms with Crippen molar-refractivity contribution in [3.8, 4) is 0 Å². The van der Waals surface area contributed by atoms with Crippen molar-refractivity contribution in [2.75, 3.05) is 26.2 Å². The number of rotatable bonds is 6. The normalized spacial score (nSPS) is 25.6. The van der Waals surface area contributed by atoms with Gasteiger partial charge < -0.3 is 10.6 Å². The second-order valence-corrected chi connectivity index (χ2v) is 6.31. The lowest BCUT2D eigenvalue weighted by molar-refractivity contribution is -0.121. The lowest BCUT2D eigenvalue weighted by Crippen LogP contribution is -2.44. The average molecular weight is 281 g/mol. The summed E-state index contributed by atoms with van der Waals surface area (Å²) in [5.41, 5.74) is 0. The van der Waals surface area contributed by atoms with E-state index in [-0.39, 0.29) is 5.91 Å². The molecule has 1 saturated heterocycles. The van der Waals surface area contributed by atoms with Gasteiger partial charge in [0.2, 0.25) is 5.91 Å². The number of carbonyl (C=O) groups is 1. The molecular weight excluding hydrogens is 250 g/mol. The number of carbonyl (C=O) groups excluding carboxylic acids is 1. The minimum atomic E-state index is 0.179. The number of amides is 1. The molecule has 1 amide bonds. The Kier molecular flexibility index (Phi) is 6.80. The first-order chi connectivity index (χ1) is 9.79. The molecule has 0 spiro atoms. The van der Waals surface area contributed by atoms with Crippen LogP contribution >= 0.6 is 0 Å². The van der Waals surface area contributed by atoms with Gasteiger partial charge >= 0.3 is 0 Å². The Hall–Kier alpha value is -0.610. The lowest BCUT2D eigenvalue weighted by Gasteiger charge is -2.23. The first-order valence-electron chi connectivity index (χ1n) is 8.53. The van der Waals surface area contributed by atoms with Crippen LogP contribution in [0, 0.1) is 0 Å². The second-order valence-electron chi connectivity index (χ2n) is 6.31. The van der Waals surface area contributed by atoms with E-state index in [0.29, 0.717) is 18.6 Å². The van der Waals surface area contributed by atoms with Gasteiger partial charge in [-0.1, -0.05) is 32.6 Å². The van der Waals surface area contributed by atoms with Crippen molar-refractivity contribution < 1.29 is 4.79 Å². The second kappa shape index (κ2) is 8.63. The summed E-state index contributed by atoms with van der Waals surface area (Å²) >= 11 is 0. The largest absolute Gasteiger partial charge is 0.352 e. The molecule has 20 heavy (non-hydrogen) atoms. The zero-order chi connectivity index (χ0) is 14.2. The highest BCUT2D eigenvalue weighted by molar-refractivity contribution is 5.78. The molecule has 1 aliphatic carbocycles. The topological polar surface area (TPSA) is 44.4 Å². The van der Waals surface area contributed by atoms with Crippen LogP contribution in [0.3, 0.4) is 0 Å². The van der Waals surface area contributed by atoms with Gasteiger partial charge in [0.25, 0.3) is 0 Å². The summed E-state index contributed by atoms with van der Waals surface area (Å²) in [6, 6.07) is 1.05. The van der Waals surface area contributed by atoms with Crippen molar-refractivity contribution in [1.82, 2.24) is 15.5 Å². The average Bonchev–Trinajstić information content (AvgIpc) is 2.74. The summed E-state index contributed by atoms with van der Waals surface area (Å²) in [5, 5.41) is 6.54. The summed E-state index contributed by atoms with van der Waals surface area (Å²) in [6.07, 6.45) is 10.1. The van der Waals surface area contributed by atoms with Gasteiger partial charge in [-0.3, -0.25) is 9.69 Å². The van der Waals surface area contributed by atoms with E-state index in [9.17, 15) is 4.79 Å². The Bertz CT molecular complexity index is 287. The molecule has 1 atom stereocenters. The number of nitrogens with zero attached hydrogens (tertiary/aromatic N) is 1. The zero-order valence-electron chi connectivity index (χ0n) is 13.0. The maximum Gasteiger partial charge on any atom is 0.234 e. The Morgan fingerprint density at radius 2 is 1.85 bits per heavy atom. The monoisotopic (exact) mass is 281 g/mol. The predicted molar refractivity (Wildman–Crippen MR) is 82.8 cm³/mol. The molecule has 116 valence electrons. The maximum atomic E-state index is 12.0. The Morgan fingerprint density at radius 3 is 2.55 bits per heavy atom. The Morgan fingerprint density at radius 1 is 1.10 bits per heavy atom. The van der Waals surface area contributed by atoms with Gasteiger partial charge in [0.05, 0.1) is 6.54 Å². The molecule has 0 aromatic carbocycles. The molecule has 4 heteroatoms. The standard InChI is InChI=1S/C16H31N3O/c1-2-19-11-7-10-15(19)12-17-13-16(20)18-14-8-5-3-4-6-9-14/h14-15,17H,2-13H2,1H3,(H,18,20). The Balaban J connectivity index is 1.59. The van der Waals surface area contributed by atoms with Crippen molar-refractivity contribution >= 4 is 5.91 Å². The first-order valence-corrected chi connectivity index (χ1v) is 8.53. The number of likely N-dealkylation sites (tertiary alicyclic amines) is 1. The molecule has 0 bridgehead atoms. The SMILES string of the molecule is CCN1CCCC1CNCC(=O)NC1CCCCCC1. The van der Waals surface area contributed by atoms with Gasteiger partial charge in [-0.25, -0.2) is 0 Å². The van der Waals surface area contributed by atoms with E-state index in [1.807, 2.05) is 0 Å². The molecule has 1 aliphatic heterocycles. The van der Waals surface area contributed by atoms with E-state index < -0.39 is 0 Å². The lowest BCUT2D eigenvalue weighted by atomic mass is 10.1. The van der Waals surface area contributed by atoms with E-state index in [0.717, 1.165) is 25.9 Å². The van der Waals surface area contributed by atoms with Crippen LogP contribution in [0.4, 0.5) is 0 Å². The predicted octanol–water partition coefficient (Wildman–Crippen LogP) is 1.90. The smallest absolute Gasteiger partial charge is 0.234 e. The summed E-state index contributed by atoms with van der Waals surface area (Å²) in [4.78, 5) is 14.5. The van der Waals surface area contributed by atoms with Gasteiger partial charge in [0.1, 0.15) is 0 Å². The number of nitrogens with one attached hydrogen (secondary N) is 2. The van der Waals surface area contributed by atoms with Crippen molar-refractivity contribution in [3.63, 3.8) is 0 Å². The Labute approximate surface area is 123 Å². The van der Waals surface area contributed by atoms with Crippen molar-refractivity contribution in [3.05, 3.63) is 0 Å². The summed E-state index contributed by atoms with van der Waals surface area (Å²) in [6.45, 7) is 5.99. The van der Waals surface area contributed by atoms with Crippen LogP contribution < -0.4 is 10.6 Å². The van der Waals surface area contributed by atoms with Crippen LogP contribution in [-0.2, 0) is 4.79 Å². The molecule has 1 saturated carbocycles. The summed E-state index contributed by atoms with van der Waals surface area (Å²) in [5.74, 6) is 0.179. The fraction of sp³-hybridized carbons (Fsp3) is 0.938. The van der Waals surface area contributed by atoms with Crippen LogP contribution in [0.1, 0.15) is 58.3 Å². The molecule has 2 N–H and O–H groups in total. The fourth-order valence-corrected chi connectivity index (χ4v) is 3.60. The molecule has 2 aliphatic rings. The molecule has 2 rings (SSSR count). The highest BCUT2D eigenvalue weighted by Gasteiger charge is 2.22. The third-order valence-corrected chi connectivity index (χ3v) is 4.79. The van der Waals surface area contributed by atoms with Gasteiger partial charge in [-0.05, 0) is 38.8 Å². The van der Waals surface area contributed by atoms with Gasteiger partial charge in [-0.15, -0.1) is 0 Å². The molecule has 0 aromatic heterocycles. The number of hydrogen-bond donors (Lipinski definition) is 2. The molecule has 1 unspecified atom stereocenters. The van der Waals surface area contributed by atoms with Gasteiger partial charge in [0.15, 0.2) is 0 Å². The van der Waals surface area contributed by atoms with Gasteiger partial charge in [-0.2, -0.15) is 0 Å². The van der Waals surface area contributed by atoms with Crippen molar-refractivity contribution in [2.45, 2.75) is 70.4 Å². The maximum absolute atomic E-state index is 12.0. The first kappa shape index (κ1) is 15.8. The van der Waals surface area contributed by atoms with Crippen molar-refractivity contribution in [1.29, 1.82) is 0 Å². The molecule has 1 heterocycles. The zero-order valence-corrected chi connectivity index (χ0v) is 13.0. The van der Waals surface area contributed by atoms with E-state index in [1.54, 1.807) is 0 Å². The molecule has 0 radical (unpaired) electrons. The van der Waals surface area contributed by atoms with E-state index >= 15 is 0 Å². The van der Waals surface area contributed by atoms with Crippen LogP contribution in [0.5, 0.6) is 0 Å². The van der Waals surface area contributed by atoms with Crippen LogP contribution in [0.15, 0.2) is 0 Å². The highest BCUT2D eigenvalue weighted by atomic mass is 16.1. The third-order valence-electron chi connectivity index (χ3n) is 4.79. The molecule has 4 nitrogen and oxygen atoms in total. The quantitative estimate of drug-likeness (QED) is 0.731. The van der Waals surface area contributed by atoms with Crippen LogP contribution in [0.2, 0.25) is 0 Å². The third kappa shape index (κ3) is 5.06. The summed E-state index contributed by atoms with van der Waals surface area (Å²) in [7, 11) is 0. The minimum Gasteiger partial charge on any atom is -0.352 e. The highest BCUT2D eigenvalue weighted by Crippen LogP contribution is 2.17. The van der Waals surface area contributed by atoms with E-state index in [2.05, 4.69) is 22.5 Å². The minimum absolute atomic E-state index is 0.179. The number of hydrogen-bond acceptors (Lipinski definition) is 3. The number of likely N-dealkylation sites (N-methyl/N-ethyl adjacent to an activating group) is 1. The van der Waals surface area contributed by atoms with Crippen molar-refractivity contribution in [2.24, 2.45) is 0 Å². The van der Waals surface area contributed by atoms with E-state index in [4.69, 9.17) is 0 Å². The van der Waals surface area contributed by atoms with Crippen LogP contribution in [-0.4, -0.2) is 49.1 Å². The van der Waals surface area contributed by atoms with Gasteiger partial charge in [0, 0.05) is 18.6 Å². The molecular formula is C16H31N3O. The molecule has 0 aromatic rings. The summed E-state index contributed by atoms with van der Waals surface area (Å²) < 4.78 is 0. The van der Waals surface area contributed by atoms with Crippen LogP contribution in [0.25, 0.3) is 0 Å². The fourth-order valence-electron chi connectivity index (χ4n) is 3.60.